The Hall–Kier alpha value is -0.720. The molecule has 0 aromatic heterocycles. The van der Waals surface area contributed by atoms with E-state index in [0.717, 1.165) is 12.5 Å². The van der Waals surface area contributed by atoms with Crippen LogP contribution in [0.25, 0.3) is 0 Å². The van der Waals surface area contributed by atoms with Gasteiger partial charge in [-0.25, -0.2) is 0 Å². The van der Waals surface area contributed by atoms with E-state index < -0.39 is 0 Å². The average molecular weight is 121 g/mol. The van der Waals surface area contributed by atoms with Crippen LogP contribution in [-0.4, -0.2) is 6.04 Å². The third kappa shape index (κ3) is 1.15. The molecular weight excluding hydrogens is 110 g/mol. The SMILES string of the molecule is C1=CCC(NC2CC2)=C1. The quantitative estimate of drug-likeness (QED) is 0.585. The second-order valence-corrected chi connectivity index (χ2v) is 2.74. The Kier molecular flexibility index (Phi) is 1.08. The molecule has 1 N–H and O–H groups in total. The molecule has 0 spiro atoms. The molecule has 0 radical (unpaired) electrons. The van der Waals surface area contributed by atoms with Gasteiger partial charge in [0, 0.05) is 18.2 Å². The van der Waals surface area contributed by atoms with Crippen molar-refractivity contribution in [2.45, 2.75) is 25.3 Å². The predicted octanol–water partition coefficient (Wildman–Crippen LogP) is 1.58. The molecule has 0 aromatic carbocycles. The Morgan fingerprint density at radius 2 is 2.33 bits per heavy atom. The van der Waals surface area contributed by atoms with E-state index in [0.29, 0.717) is 0 Å². The highest BCUT2D eigenvalue weighted by Gasteiger charge is 2.21. The Morgan fingerprint density at radius 3 is 2.89 bits per heavy atom. The summed E-state index contributed by atoms with van der Waals surface area (Å²) >= 11 is 0. The maximum absolute atomic E-state index is 3.45. The fourth-order valence-electron chi connectivity index (χ4n) is 1.04. The lowest BCUT2D eigenvalue weighted by atomic mass is 10.4. The summed E-state index contributed by atoms with van der Waals surface area (Å²) in [5, 5.41) is 3.45. The number of hydrogen-bond acceptors (Lipinski definition) is 1. The van der Waals surface area contributed by atoms with E-state index in [-0.39, 0.29) is 0 Å². The first-order valence-corrected chi connectivity index (χ1v) is 3.57. The molecule has 0 aliphatic heterocycles. The molecule has 1 saturated carbocycles. The standard InChI is InChI=1S/C8H11N/c1-2-4-7(3-1)9-8-5-6-8/h1-3,8-9H,4-6H2. The molecule has 1 fully saturated rings. The number of rotatable bonds is 2. The molecule has 2 aliphatic carbocycles. The van der Waals surface area contributed by atoms with Gasteiger partial charge in [-0.3, -0.25) is 0 Å². The van der Waals surface area contributed by atoms with Crippen molar-refractivity contribution in [1.29, 1.82) is 0 Å². The first-order chi connectivity index (χ1) is 4.45. The van der Waals surface area contributed by atoms with Gasteiger partial charge in [0.1, 0.15) is 0 Å². The fourth-order valence-corrected chi connectivity index (χ4v) is 1.04. The molecule has 1 heteroatoms. The summed E-state index contributed by atoms with van der Waals surface area (Å²) in [5.74, 6) is 0. The lowest BCUT2D eigenvalue weighted by Crippen LogP contribution is -2.13. The van der Waals surface area contributed by atoms with Gasteiger partial charge >= 0.3 is 0 Å². The Morgan fingerprint density at radius 1 is 1.44 bits per heavy atom. The number of allylic oxidation sites excluding steroid dienone is 3. The average Bonchev–Trinajstić information content (AvgIpc) is 2.46. The van der Waals surface area contributed by atoms with E-state index in [4.69, 9.17) is 0 Å². The van der Waals surface area contributed by atoms with Gasteiger partial charge < -0.3 is 5.32 Å². The topological polar surface area (TPSA) is 12.0 Å². The summed E-state index contributed by atoms with van der Waals surface area (Å²) < 4.78 is 0. The van der Waals surface area contributed by atoms with Gasteiger partial charge in [0.25, 0.3) is 0 Å². The first-order valence-electron chi connectivity index (χ1n) is 3.57. The van der Waals surface area contributed by atoms with Crippen LogP contribution in [0.15, 0.2) is 23.9 Å². The van der Waals surface area contributed by atoms with E-state index in [1.54, 1.807) is 0 Å². The normalized spacial score (nSPS) is 24.2. The third-order valence-electron chi connectivity index (χ3n) is 1.74. The molecule has 9 heavy (non-hydrogen) atoms. The molecule has 0 heterocycles. The lowest BCUT2D eigenvalue weighted by Gasteiger charge is -2.02. The van der Waals surface area contributed by atoms with Gasteiger partial charge in [-0.05, 0) is 18.9 Å². The molecule has 0 unspecified atom stereocenters. The van der Waals surface area contributed by atoms with Crippen LogP contribution in [0.3, 0.4) is 0 Å². The lowest BCUT2D eigenvalue weighted by molar-refractivity contribution is 0.789. The number of nitrogens with one attached hydrogen (secondary N) is 1. The Balaban J connectivity index is 1.85. The molecule has 0 saturated heterocycles. The summed E-state index contributed by atoms with van der Waals surface area (Å²) in [6.45, 7) is 0. The summed E-state index contributed by atoms with van der Waals surface area (Å²) in [6, 6.07) is 0.816. The van der Waals surface area contributed by atoms with Gasteiger partial charge in [-0.15, -0.1) is 0 Å². The van der Waals surface area contributed by atoms with E-state index in [9.17, 15) is 0 Å². The van der Waals surface area contributed by atoms with E-state index in [1.165, 1.54) is 18.5 Å². The summed E-state index contributed by atoms with van der Waals surface area (Å²) in [4.78, 5) is 0. The van der Waals surface area contributed by atoms with Crippen molar-refractivity contribution in [2.75, 3.05) is 0 Å². The highest BCUT2D eigenvalue weighted by atomic mass is 15.0. The Bertz CT molecular complexity index is 163. The van der Waals surface area contributed by atoms with Crippen LogP contribution in [0.1, 0.15) is 19.3 Å². The van der Waals surface area contributed by atoms with Crippen LogP contribution >= 0.6 is 0 Å². The van der Waals surface area contributed by atoms with Gasteiger partial charge in [0.15, 0.2) is 0 Å². The molecular formula is C8H11N. The van der Waals surface area contributed by atoms with Crippen LogP contribution in [0.4, 0.5) is 0 Å². The van der Waals surface area contributed by atoms with E-state index in [1.807, 2.05) is 0 Å². The summed E-state index contributed by atoms with van der Waals surface area (Å²) in [6.07, 6.45) is 10.3. The molecule has 0 aromatic rings. The second-order valence-electron chi connectivity index (χ2n) is 2.74. The van der Waals surface area contributed by atoms with E-state index >= 15 is 0 Å². The van der Waals surface area contributed by atoms with Gasteiger partial charge in [0.05, 0.1) is 0 Å². The van der Waals surface area contributed by atoms with Crippen LogP contribution in [0.5, 0.6) is 0 Å². The molecule has 48 valence electrons. The Labute approximate surface area is 55.5 Å². The van der Waals surface area contributed by atoms with Crippen molar-refractivity contribution < 1.29 is 0 Å². The minimum Gasteiger partial charge on any atom is -0.385 e. The van der Waals surface area contributed by atoms with Crippen LogP contribution in [-0.2, 0) is 0 Å². The van der Waals surface area contributed by atoms with Crippen molar-refractivity contribution >= 4 is 0 Å². The van der Waals surface area contributed by atoms with E-state index in [2.05, 4.69) is 23.5 Å². The van der Waals surface area contributed by atoms with Gasteiger partial charge in [-0.1, -0.05) is 12.2 Å². The number of hydrogen-bond donors (Lipinski definition) is 1. The van der Waals surface area contributed by atoms with Crippen LogP contribution in [0.2, 0.25) is 0 Å². The van der Waals surface area contributed by atoms with Gasteiger partial charge in [0.2, 0.25) is 0 Å². The second kappa shape index (κ2) is 1.90. The van der Waals surface area contributed by atoms with Crippen molar-refractivity contribution in [1.82, 2.24) is 5.32 Å². The maximum Gasteiger partial charge on any atom is 0.0259 e. The van der Waals surface area contributed by atoms with Crippen LogP contribution in [0, 0.1) is 0 Å². The van der Waals surface area contributed by atoms with Crippen LogP contribution < -0.4 is 5.32 Å². The largest absolute Gasteiger partial charge is 0.385 e. The van der Waals surface area contributed by atoms with Crippen molar-refractivity contribution in [2.24, 2.45) is 0 Å². The highest BCUT2D eigenvalue weighted by Crippen LogP contribution is 2.22. The smallest absolute Gasteiger partial charge is 0.0259 e. The monoisotopic (exact) mass is 121 g/mol. The zero-order valence-corrected chi connectivity index (χ0v) is 5.43. The molecule has 0 amide bonds. The highest BCUT2D eigenvalue weighted by molar-refractivity contribution is 5.22. The summed E-state index contributed by atoms with van der Waals surface area (Å²) in [7, 11) is 0. The molecule has 0 atom stereocenters. The third-order valence-corrected chi connectivity index (χ3v) is 1.74. The molecule has 1 nitrogen and oxygen atoms in total. The first kappa shape index (κ1) is 5.10. The minimum absolute atomic E-state index is 0.816. The van der Waals surface area contributed by atoms with Crippen molar-refractivity contribution in [3.05, 3.63) is 23.9 Å². The zero-order valence-electron chi connectivity index (χ0n) is 5.43. The van der Waals surface area contributed by atoms with Crippen molar-refractivity contribution in [3.8, 4) is 0 Å². The molecule has 2 rings (SSSR count). The molecule has 2 aliphatic rings. The molecule has 0 bridgehead atoms. The minimum atomic E-state index is 0.816. The van der Waals surface area contributed by atoms with Gasteiger partial charge in [-0.2, -0.15) is 0 Å². The maximum atomic E-state index is 3.45. The predicted molar refractivity (Wildman–Crippen MR) is 38.0 cm³/mol. The van der Waals surface area contributed by atoms with Crippen molar-refractivity contribution in [3.63, 3.8) is 0 Å². The summed E-state index contributed by atoms with van der Waals surface area (Å²) in [5.41, 5.74) is 1.40. The fraction of sp³-hybridized carbons (Fsp3) is 0.500. The zero-order chi connectivity index (χ0) is 6.10.